The first-order chi connectivity index (χ1) is 5.25. The molecular formula is C5H4ClN3O2. The van der Waals surface area contributed by atoms with Crippen LogP contribution in [0.3, 0.4) is 0 Å². The van der Waals surface area contributed by atoms with E-state index >= 15 is 0 Å². The smallest absolute Gasteiger partial charge is 0.379 e. The van der Waals surface area contributed by atoms with Crippen LogP contribution in [0.1, 0.15) is 10.5 Å². The van der Waals surface area contributed by atoms with Crippen molar-refractivity contribution < 1.29 is 9.08 Å². The van der Waals surface area contributed by atoms with Gasteiger partial charge in [0, 0.05) is 0 Å². The number of anilines is 1. The molecule has 1 aromatic rings. The van der Waals surface area contributed by atoms with E-state index in [1.54, 1.807) is 0 Å². The third-order valence-electron chi connectivity index (χ3n) is 1.02. The predicted molar refractivity (Wildman–Crippen MR) is 37.7 cm³/mol. The Bertz CT molecular complexity index is 278. The van der Waals surface area contributed by atoms with Gasteiger partial charge in [0.2, 0.25) is 0 Å². The molecule has 1 aromatic heterocycles. The van der Waals surface area contributed by atoms with Crippen molar-refractivity contribution in [3.05, 3.63) is 18.0 Å². The van der Waals surface area contributed by atoms with E-state index in [2.05, 4.69) is 14.5 Å². The van der Waals surface area contributed by atoms with Crippen LogP contribution in [0.2, 0.25) is 0 Å². The van der Waals surface area contributed by atoms with E-state index in [0.29, 0.717) is 0 Å². The minimum atomic E-state index is -0.808. The van der Waals surface area contributed by atoms with Gasteiger partial charge in [-0.05, 0) is 6.07 Å². The Morgan fingerprint density at radius 3 is 3.00 bits per heavy atom. The summed E-state index contributed by atoms with van der Waals surface area (Å²) in [6, 6.07) is 1.43. The van der Waals surface area contributed by atoms with E-state index in [4.69, 9.17) is 17.6 Å². The van der Waals surface area contributed by atoms with Crippen molar-refractivity contribution in [1.29, 1.82) is 0 Å². The highest BCUT2D eigenvalue weighted by molar-refractivity contribution is 6.16. The molecule has 0 aromatic carbocycles. The lowest BCUT2D eigenvalue weighted by Gasteiger charge is -1.96. The van der Waals surface area contributed by atoms with Crippen molar-refractivity contribution in [3.63, 3.8) is 0 Å². The highest BCUT2D eigenvalue weighted by Crippen LogP contribution is 2.07. The molecule has 0 unspecified atom stereocenters. The molecule has 1 heterocycles. The molecule has 2 N–H and O–H groups in total. The van der Waals surface area contributed by atoms with Crippen LogP contribution in [0.5, 0.6) is 0 Å². The summed E-state index contributed by atoms with van der Waals surface area (Å²) < 4.78 is 3.87. The number of carbonyl (C=O) groups is 1. The summed E-state index contributed by atoms with van der Waals surface area (Å²) in [5.41, 5.74) is 5.44. The van der Waals surface area contributed by atoms with Crippen LogP contribution in [0.25, 0.3) is 0 Å². The Morgan fingerprint density at radius 2 is 2.45 bits per heavy atom. The molecule has 0 spiro atoms. The monoisotopic (exact) mass is 173 g/mol. The van der Waals surface area contributed by atoms with E-state index in [1.807, 2.05) is 0 Å². The number of nitrogens with two attached hydrogens (primary N) is 1. The molecule has 0 aliphatic carbocycles. The number of nitrogen functional groups attached to an aromatic ring is 1. The quantitative estimate of drug-likeness (QED) is 0.664. The predicted octanol–water partition coefficient (Wildman–Crippen LogP) is 0.369. The summed E-state index contributed by atoms with van der Waals surface area (Å²) >= 11 is 4.79. The lowest BCUT2D eigenvalue weighted by molar-refractivity contribution is 0.0745. The molecule has 0 aliphatic rings. The first kappa shape index (κ1) is 7.74. The maximum Gasteiger partial charge on any atom is 0.379 e. The lowest BCUT2D eigenvalue weighted by Crippen LogP contribution is -2.07. The minimum absolute atomic E-state index is 0.0810. The molecule has 0 bridgehead atoms. The number of nitrogens with zero attached hydrogens (tertiary/aromatic N) is 2. The summed E-state index contributed by atoms with van der Waals surface area (Å²) in [7, 11) is 0. The van der Waals surface area contributed by atoms with Crippen molar-refractivity contribution in [2.75, 3.05) is 5.73 Å². The third-order valence-corrected chi connectivity index (χ3v) is 1.16. The number of halogens is 1. The van der Waals surface area contributed by atoms with Crippen LogP contribution in [0.4, 0.5) is 5.69 Å². The fraction of sp³-hybridized carbons (Fsp3) is 0. The standard InChI is InChI=1S/C5H4ClN3O2/c6-11-5(10)4-3(7)1-2-8-9-4/h1-2H,(H2,7,8). The Hall–Kier alpha value is -1.36. The Morgan fingerprint density at radius 1 is 1.73 bits per heavy atom. The number of carbonyl (C=O) groups excluding carboxylic acids is 1. The first-order valence-corrected chi connectivity index (χ1v) is 2.96. The fourth-order valence-corrected chi connectivity index (χ4v) is 0.610. The van der Waals surface area contributed by atoms with Gasteiger partial charge < -0.3 is 10.0 Å². The van der Waals surface area contributed by atoms with Crippen LogP contribution >= 0.6 is 11.9 Å². The van der Waals surface area contributed by atoms with E-state index in [9.17, 15) is 4.79 Å². The van der Waals surface area contributed by atoms with Crippen molar-refractivity contribution in [2.24, 2.45) is 0 Å². The lowest BCUT2D eigenvalue weighted by atomic mass is 10.3. The van der Waals surface area contributed by atoms with Gasteiger partial charge >= 0.3 is 5.97 Å². The summed E-state index contributed by atoms with van der Waals surface area (Å²) in [5, 5.41) is 6.84. The molecule has 0 atom stereocenters. The number of hydrogen-bond donors (Lipinski definition) is 1. The minimum Gasteiger partial charge on any atom is -0.397 e. The van der Waals surface area contributed by atoms with Gasteiger partial charge in [0.15, 0.2) is 5.69 Å². The summed E-state index contributed by atoms with van der Waals surface area (Å²) in [5.74, 6) is -0.808. The SMILES string of the molecule is Nc1ccnnc1C(=O)OCl. The second-order valence-corrected chi connectivity index (χ2v) is 1.85. The average molecular weight is 174 g/mol. The second-order valence-electron chi connectivity index (χ2n) is 1.70. The number of hydrogen-bond acceptors (Lipinski definition) is 5. The molecule has 0 radical (unpaired) electrons. The van der Waals surface area contributed by atoms with Crippen molar-refractivity contribution in [2.45, 2.75) is 0 Å². The summed E-state index contributed by atoms with van der Waals surface area (Å²) in [6.07, 6.45) is 1.36. The maximum absolute atomic E-state index is 10.7. The van der Waals surface area contributed by atoms with Crippen LogP contribution in [0.15, 0.2) is 12.3 Å². The van der Waals surface area contributed by atoms with Gasteiger partial charge in [-0.25, -0.2) is 4.79 Å². The highest BCUT2D eigenvalue weighted by atomic mass is 35.5. The molecule has 6 heteroatoms. The molecular weight excluding hydrogens is 170 g/mol. The zero-order chi connectivity index (χ0) is 8.27. The van der Waals surface area contributed by atoms with Crippen molar-refractivity contribution in [1.82, 2.24) is 10.2 Å². The van der Waals surface area contributed by atoms with Gasteiger partial charge in [0.25, 0.3) is 0 Å². The van der Waals surface area contributed by atoms with Gasteiger partial charge in [0.1, 0.15) is 11.9 Å². The van der Waals surface area contributed by atoms with Gasteiger partial charge in [-0.15, -0.1) is 5.10 Å². The van der Waals surface area contributed by atoms with E-state index in [0.717, 1.165) is 0 Å². The number of aromatic nitrogens is 2. The zero-order valence-electron chi connectivity index (χ0n) is 5.32. The van der Waals surface area contributed by atoms with E-state index in [-0.39, 0.29) is 11.4 Å². The van der Waals surface area contributed by atoms with Gasteiger partial charge in [-0.2, -0.15) is 5.10 Å². The zero-order valence-corrected chi connectivity index (χ0v) is 6.08. The molecule has 0 fully saturated rings. The van der Waals surface area contributed by atoms with E-state index in [1.165, 1.54) is 12.3 Å². The molecule has 0 amide bonds. The number of rotatable bonds is 1. The molecule has 1 rings (SSSR count). The molecule has 58 valence electrons. The van der Waals surface area contributed by atoms with Crippen LogP contribution in [-0.2, 0) is 4.29 Å². The van der Waals surface area contributed by atoms with Gasteiger partial charge in [0.05, 0.1) is 11.9 Å². The molecule has 5 nitrogen and oxygen atoms in total. The highest BCUT2D eigenvalue weighted by Gasteiger charge is 2.11. The molecule has 0 saturated heterocycles. The largest absolute Gasteiger partial charge is 0.397 e. The molecule has 0 saturated carbocycles. The normalized spacial score (nSPS) is 9.18. The molecule has 0 aliphatic heterocycles. The second kappa shape index (κ2) is 3.16. The van der Waals surface area contributed by atoms with Gasteiger partial charge in [-0.1, -0.05) is 0 Å². The van der Waals surface area contributed by atoms with E-state index < -0.39 is 5.97 Å². The fourth-order valence-electron chi connectivity index (χ4n) is 0.537. The summed E-state index contributed by atoms with van der Waals surface area (Å²) in [6.45, 7) is 0. The Labute approximate surface area is 67.3 Å². The summed E-state index contributed by atoms with van der Waals surface area (Å²) in [4.78, 5) is 10.7. The topological polar surface area (TPSA) is 78.1 Å². The van der Waals surface area contributed by atoms with Crippen LogP contribution in [0, 0.1) is 0 Å². The van der Waals surface area contributed by atoms with Gasteiger partial charge in [-0.3, -0.25) is 0 Å². The first-order valence-electron chi connectivity index (χ1n) is 2.66. The third kappa shape index (κ3) is 1.56. The van der Waals surface area contributed by atoms with Crippen LogP contribution < -0.4 is 5.73 Å². The van der Waals surface area contributed by atoms with Crippen LogP contribution in [-0.4, -0.2) is 16.2 Å². The van der Waals surface area contributed by atoms with Crippen molar-refractivity contribution in [3.8, 4) is 0 Å². The average Bonchev–Trinajstić information content (AvgIpc) is 2.04. The molecule has 11 heavy (non-hydrogen) atoms. The Kier molecular flexibility index (Phi) is 2.22. The van der Waals surface area contributed by atoms with Crippen molar-refractivity contribution >= 4 is 23.5 Å². The Balaban J connectivity index is 3.03. The maximum atomic E-state index is 10.7.